The van der Waals surface area contributed by atoms with Crippen LogP contribution in [-0.2, 0) is 4.74 Å². The topological polar surface area (TPSA) is 49.7 Å². The van der Waals surface area contributed by atoms with Crippen LogP contribution in [-0.4, -0.2) is 35.6 Å². The van der Waals surface area contributed by atoms with Crippen molar-refractivity contribution in [2.24, 2.45) is 17.8 Å². The second-order valence-corrected chi connectivity index (χ2v) is 5.53. The summed E-state index contributed by atoms with van der Waals surface area (Å²) >= 11 is 0. The van der Waals surface area contributed by atoms with Crippen molar-refractivity contribution in [2.45, 2.75) is 52.2 Å². The fourth-order valence-electron chi connectivity index (χ4n) is 2.59. The Morgan fingerprint density at radius 3 is 2.56 bits per heavy atom. The van der Waals surface area contributed by atoms with E-state index in [0.717, 1.165) is 6.42 Å². The van der Waals surface area contributed by atoms with Crippen molar-refractivity contribution in [3.8, 4) is 0 Å². The van der Waals surface area contributed by atoms with E-state index in [0.29, 0.717) is 17.8 Å². The first-order valence-electron chi connectivity index (χ1n) is 6.45. The van der Waals surface area contributed by atoms with Crippen molar-refractivity contribution >= 4 is 0 Å². The summed E-state index contributed by atoms with van der Waals surface area (Å²) in [5.74, 6) is 1.94. The molecule has 0 aliphatic heterocycles. The molecule has 2 N–H and O–H groups in total. The first-order chi connectivity index (χ1) is 7.54. The molecular formula is C13H26O3. The van der Waals surface area contributed by atoms with Crippen molar-refractivity contribution < 1.29 is 14.9 Å². The molecule has 0 heterocycles. The average molecular weight is 230 g/mol. The van der Waals surface area contributed by atoms with Gasteiger partial charge >= 0.3 is 0 Å². The molecule has 1 aliphatic carbocycles. The highest BCUT2D eigenvalue weighted by Gasteiger charge is 2.31. The molecule has 0 amide bonds. The molecule has 0 bridgehead atoms. The molecule has 1 rings (SSSR count). The molecule has 3 unspecified atom stereocenters. The molecule has 1 aliphatic rings. The Morgan fingerprint density at radius 2 is 2.00 bits per heavy atom. The van der Waals surface area contributed by atoms with Crippen molar-refractivity contribution in [3.63, 3.8) is 0 Å². The second-order valence-electron chi connectivity index (χ2n) is 5.53. The van der Waals surface area contributed by atoms with E-state index in [9.17, 15) is 5.11 Å². The highest BCUT2D eigenvalue weighted by Crippen LogP contribution is 2.35. The van der Waals surface area contributed by atoms with Crippen LogP contribution in [0.25, 0.3) is 0 Å². The van der Waals surface area contributed by atoms with Crippen LogP contribution in [0.1, 0.15) is 40.0 Å². The lowest BCUT2D eigenvalue weighted by atomic mass is 9.75. The number of hydrogen-bond donors (Lipinski definition) is 2. The van der Waals surface area contributed by atoms with Gasteiger partial charge in [-0.3, -0.25) is 0 Å². The van der Waals surface area contributed by atoms with Gasteiger partial charge in [0, 0.05) is 0 Å². The summed E-state index contributed by atoms with van der Waals surface area (Å²) in [6, 6.07) is 0. The zero-order valence-electron chi connectivity index (χ0n) is 10.7. The Hall–Kier alpha value is -0.120. The van der Waals surface area contributed by atoms with Crippen LogP contribution in [0.3, 0.4) is 0 Å². The van der Waals surface area contributed by atoms with E-state index in [4.69, 9.17) is 9.84 Å². The molecule has 16 heavy (non-hydrogen) atoms. The molecule has 0 saturated heterocycles. The molecule has 3 nitrogen and oxygen atoms in total. The minimum absolute atomic E-state index is 0.214. The second kappa shape index (κ2) is 6.58. The van der Waals surface area contributed by atoms with Crippen molar-refractivity contribution in [2.75, 3.05) is 13.2 Å². The van der Waals surface area contributed by atoms with Gasteiger partial charge in [0.25, 0.3) is 0 Å². The number of aliphatic hydroxyl groups is 2. The van der Waals surface area contributed by atoms with Gasteiger partial charge < -0.3 is 14.9 Å². The van der Waals surface area contributed by atoms with E-state index < -0.39 is 6.10 Å². The molecule has 1 saturated carbocycles. The van der Waals surface area contributed by atoms with Crippen LogP contribution in [0.4, 0.5) is 0 Å². The molecule has 0 aromatic rings. The van der Waals surface area contributed by atoms with Crippen LogP contribution in [0.5, 0.6) is 0 Å². The fourth-order valence-corrected chi connectivity index (χ4v) is 2.59. The van der Waals surface area contributed by atoms with E-state index in [2.05, 4.69) is 20.8 Å². The Bertz CT molecular complexity index is 194. The van der Waals surface area contributed by atoms with Crippen molar-refractivity contribution in [1.29, 1.82) is 0 Å². The molecule has 4 atom stereocenters. The molecule has 96 valence electrons. The SMILES string of the molecule is CC(C)C1CC[C@@H](C)CC1OCC(O)CO. The van der Waals surface area contributed by atoms with Gasteiger partial charge in [-0.1, -0.05) is 27.2 Å². The van der Waals surface area contributed by atoms with Crippen LogP contribution in [0.2, 0.25) is 0 Å². The van der Waals surface area contributed by atoms with E-state index >= 15 is 0 Å². The predicted octanol–water partition coefficient (Wildman–Crippen LogP) is 1.82. The lowest BCUT2D eigenvalue weighted by Gasteiger charge is -2.37. The smallest absolute Gasteiger partial charge is 0.100 e. The summed E-state index contributed by atoms with van der Waals surface area (Å²) in [6.07, 6.45) is 3.11. The van der Waals surface area contributed by atoms with E-state index in [1.165, 1.54) is 12.8 Å². The number of aliphatic hydroxyl groups excluding tert-OH is 2. The highest BCUT2D eigenvalue weighted by atomic mass is 16.5. The number of rotatable bonds is 5. The maximum Gasteiger partial charge on any atom is 0.100 e. The summed E-state index contributed by atoms with van der Waals surface area (Å²) in [4.78, 5) is 0. The van der Waals surface area contributed by atoms with Gasteiger partial charge in [0.2, 0.25) is 0 Å². The highest BCUT2D eigenvalue weighted by molar-refractivity contribution is 4.81. The molecule has 0 aromatic carbocycles. The zero-order chi connectivity index (χ0) is 12.1. The van der Waals surface area contributed by atoms with Crippen LogP contribution >= 0.6 is 0 Å². The third kappa shape index (κ3) is 4.04. The van der Waals surface area contributed by atoms with E-state index in [-0.39, 0.29) is 19.3 Å². The summed E-state index contributed by atoms with van der Waals surface area (Å²) in [7, 11) is 0. The van der Waals surface area contributed by atoms with Gasteiger partial charge in [-0.25, -0.2) is 0 Å². The zero-order valence-corrected chi connectivity index (χ0v) is 10.7. The first kappa shape index (κ1) is 13.9. The lowest BCUT2D eigenvalue weighted by molar-refractivity contribution is -0.0776. The standard InChI is InChI=1S/C13H26O3/c1-9(2)12-5-4-10(3)6-13(12)16-8-11(15)7-14/h9-15H,4-8H2,1-3H3/t10-,11?,12?,13?/m1/s1. The minimum atomic E-state index is -0.731. The number of hydrogen-bond acceptors (Lipinski definition) is 3. The van der Waals surface area contributed by atoms with Crippen LogP contribution in [0.15, 0.2) is 0 Å². The van der Waals surface area contributed by atoms with Gasteiger partial charge in [-0.15, -0.1) is 0 Å². The maximum absolute atomic E-state index is 9.30. The summed E-state index contributed by atoms with van der Waals surface area (Å²) in [5.41, 5.74) is 0. The normalized spacial score (nSPS) is 33.0. The maximum atomic E-state index is 9.30. The molecular weight excluding hydrogens is 204 g/mol. The summed E-state index contributed by atoms with van der Waals surface area (Å²) < 4.78 is 5.77. The van der Waals surface area contributed by atoms with E-state index in [1.54, 1.807) is 0 Å². The molecule has 3 heteroatoms. The predicted molar refractivity (Wildman–Crippen MR) is 64.2 cm³/mol. The average Bonchev–Trinajstić information content (AvgIpc) is 2.25. The molecule has 0 spiro atoms. The molecule has 1 fully saturated rings. The lowest BCUT2D eigenvalue weighted by Crippen LogP contribution is -2.36. The third-order valence-corrected chi connectivity index (χ3v) is 3.67. The summed E-state index contributed by atoms with van der Waals surface area (Å²) in [5, 5.41) is 18.1. The first-order valence-corrected chi connectivity index (χ1v) is 6.45. The number of ether oxygens (including phenoxy) is 1. The monoisotopic (exact) mass is 230 g/mol. The van der Waals surface area contributed by atoms with Gasteiger partial charge in [-0.2, -0.15) is 0 Å². The van der Waals surface area contributed by atoms with Crippen molar-refractivity contribution in [1.82, 2.24) is 0 Å². The van der Waals surface area contributed by atoms with Crippen LogP contribution < -0.4 is 0 Å². The van der Waals surface area contributed by atoms with Gasteiger partial charge in [0.15, 0.2) is 0 Å². The van der Waals surface area contributed by atoms with Crippen LogP contribution in [0, 0.1) is 17.8 Å². The third-order valence-electron chi connectivity index (χ3n) is 3.67. The Balaban J connectivity index is 2.44. The Kier molecular flexibility index (Phi) is 5.73. The Morgan fingerprint density at radius 1 is 1.31 bits per heavy atom. The molecule has 0 radical (unpaired) electrons. The fraction of sp³-hybridized carbons (Fsp3) is 1.00. The summed E-state index contributed by atoms with van der Waals surface area (Å²) in [6.45, 7) is 6.78. The van der Waals surface area contributed by atoms with Gasteiger partial charge in [0.05, 0.1) is 19.3 Å². The van der Waals surface area contributed by atoms with Gasteiger partial charge in [0.1, 0.15) is 6.10 Å². The van der Waals surface area contributed by atoms with Gasteiger partial charge in [-0.05, 0) is 30.6 Å². The molecule has 0 aromatic heterocycles. The van der Waals surface area contributed by atoms with E-state index in [1.807, 2.05) is 0 Å². The quantitative estimate of drug-likeness (QED) is 0.757. The minimum Gasteiger partial charge on any atom is -0.394 e. The van der Waals surface area contributed by atoms with Crippen molar-refractivity contribution in [3.05, 3.63) is 0 Å². The largest absolute Gasteiger partial charge is 0.394 e. The Labute approximate surface area is 98.8 Å².